The van der Waals surface area contributed by atoms with Gasteiger partial charge in [0, 0.05) is 36.8 Å². The van der Waals surface area contributed by atoms with E-state index in [0.29, 0.717) is 42.3 Å². The molecule has 0 bridgehead atoms. The van der Waals surface area contributed by atoms with Gasteiger partial charge in [0.05, 0.1) is 22.6 Å². The van der Waals surface area contributed by atoms with Gasteiger partial charge in [-0.2, -0.15) is 0 Å². The number of anilines is 2. The number of carbonyl (C=O) groups excluding carboxylic acids is 1. The van der Waals surface area contributed by atoms with Crippen molar-refractivity contribution in [3.05, 3.63) is 62.6 Å². The summed E-state index contributed by atoms with van der Waals surface area (Å²) in [7, 11) is 2.03. The minimum Gasteiger partial charge on any atom is -0.487 e. The smallest absolute Gasteiger partial charge is 0.275 e. The van der Waals surface area contributed by atoms with Gasteiger partial charge in [-0.05, 0) is 44.3 Å². The number of hydrogen-bond donors (Lipinski definition) is 2. The lowest BCUT2D eigenvalue weighted by atomic mass is 10.0. The molecule has 3 heterocycles. The fraction of sp³-hybridized carbons (Fsp3) is 0.333. The van der Waals surface area contributed by atoms with Crippen LogP contribution in [0.5, 0.6) is 5.75 Å². The van der Waals surface area contributed by atoms with Crippen LogP contribution in [0.1, 0.15) is 23.3 Å². The van der Waals surface area contributed by atoms with Crippen LogP contribution in [-0.2, 0) is 0 Å². The highest BCUT2D eigenvalue weighted by molar-refractivity contribution is 9.10. The Morgan fingerprint density at radius 2 is 1.88 bits per heavy atom. The summed E-state index contributed by atoms with van der Waals surface area (Å²) in [6, 6.07) is 8.32. The molecule has 2 aromatic carbocycles. The molecule has 34 heavy (non-hydrogen) atoms. The molecule has 2 N–H and O–H groups in total. The van der Waals surface area contributed by atoms with Gasteiger partial charge in [0.2, 0.25) is 5.43 Å². The van der Waals surface area contributed by atoms with E-state index < -0.39 is 17.2 Å². The summed E-state index contributed by atoms with van der Waals surface area (Å²) < 4.78 is 24.2. The lowest BCUT2D eigenvalue weighted by Crippen LogP contribution is -2.45. The van der Waals surface area contributed by atoms with Gasteiger partial charge in [0.1, 0.15) is 17.9 Å². The molecule has 1 atom stereocenters. The van der Waals surface area contributed by atoms with E-state index in [1.807, 2.05) is 35.6 Å². The number of carbonyl (C=O) groups is 1. The maximum absolute atomic E-state index is 15.4. The fourth-order valence-corrected chi connectivity index (χ4v) is 4.69. The number of piperazine rings is 1. The minimum atomic E-state index is -0.595. The largest absolute Gasteiger partial charge is 0.487 e. The van der Waals surface area contributed by atoms with E-state index in [1.54, 1.807) is 18.3 Å². The van der Waals surface area contributed by atoms with Crippen LogP contribution in [-0.4, -0.2) is 55.2 Å². The Balaban J connectivity index is 1.55. The predicted octanol–water partition coefficient (Wildman–Crippen LogP) is 3.37. The molecule has 0 aliphatic carbocycles. The number of nitrogens with zero attached hydrogens (tertiary/aromatic N) is 3. The van der Waals surface area contributed by atoms with Gasteiger partial charge in [0.25, 0.3) is 5.91 Å². The quantitative estimate of drug-likeness (QED) is 0.504. The molecular weight excluding hydrogens is 505 g/mol. The summed E-state index contributed by atoms with van der Waals surface area (Å²) >= 11 is 3.36. The highest BCUT2D eigenvalue weighted by Gasteiger charge is 2.31. The van der Waals surface area contributed by atoms with E-state index in [2.05, 4.69) is 31.7 Å². The normalized spacial score (nSPS) is 18.0. The first-order valence-corrected chi connectivity index (χ1v) is 11.9. The number of hydrogen-bond acceptors (Lipinski definition) is 6. The molecule has 0 radical (unpaired) electrons. The summed E-state index contributed by atoms with van der Waals surface area (Å²) in [5, 5.41) is 0.133. The summed E-state index contributed by atoms with van der Waals surface area (Å²) in [5.74, 6) is -0.743. The van der Waals surface area contributed by atoms with Crippen LogP contribution in [0.25, 0.3) is 10.9 Å². The maximum atomic E-state index is 15.4. The number of rotatable bonds is 4. The van der Waals surface area contributed by atoms with E-state index in [9.17, 15) is 9.59 Å². The number of pyridine rings is 1. The molecule has 2 aliphatic heterocycles. The van der Waals surface area contributed by atoms with Gasteiger partial charge in [-0.3, -0.25) is 20.4 Å². The molecule has 1 amide bonds. The monoisotopic (exact) mass is 529 g/mol. The Morgan fingerprint density at radius 1 is 1.18 bits per heavy atom. The topological polar surface area (TPSA) is 78.8 Å². The average molecular weight is 530 g/mol. The van der Waals surface area contributed by atoms with Gasteiger partial charge < -0.3 is 19.1 Å². The molecule has 2 aliphatic rings. The molecule has 1 unspecified atom stereocenters. The number of halogens is 2. The molecule has 1 saturated heterocycles. The Labute approximate surface area is 204 Å². The SMILES string of the molecule is CC1COc2c(N3CCN(C)CC3)c(F)cc3c(=O)c(C(=O)NNc4ccc(Br)cc4)cn1c23. The van der Waals surface area contributed by atoms with E-state index in [1.165, 1.54) is 6.07 Å². The molecule has 0 saturated carbocycles. The summed E-state index contributed by atoms with van der Waals surface area (Å²) in [4.78, 5) is 30.4. The zero-order valence-corrected chi connectivity index (χ0v) is 20.5. The number of amides is 1. The summed E-state index contributed by atoms with van der Waals surface area (Å²) in [5.41, 5.74) is 6.34. The molecule has 8 nitrogen and oxygen atoms in total. The van der Waals surface area contributed by atoms with Crippen molar-refractivity contribution in [2.45, 2.75) is 13.0 Å². The van der Waals surface area contributed by atoms with E-state index in [4.69, 9.17) is 4.74 Å². The molecule has 10 heteroatoms. The van der Waals surface area contributed by atoms with Crippen molar-refractivity contribution in [3.63, 3.8) is 0 Å². The fourth-order valence-electron chi connectivity index (χ4n) is 4.43. The minimum absolute atomic E-state index is 0.0661. The Bertz CT molecular complexity index is 1320. The second-order valence-corrected chi connectivity index (χ2v) is 9.66. The number of hydrazine groups is 1. The number of benzene rings is 2. The van der Waals surface area contributed by atoms with Gasteiger partial charge in [-0.25, -0.2) is 4.39 Å². The zero-order chi connectivity index (χ0) is 24.0. The van der Waals surface area contributed by atoms with Crippen molar-refractivity contribution in [1.29, 1.82) is 0 Å². The van der Waals surface area contributed by atoms with Crippen LogP contribution in [0.2, 0.25) is 0 Å². The molecule has 5 rings (SSSR count). The first kappa shape index (κ1) is 22.7. The number of aromatic nitrogens is 1. The molecule has 1 aromatic heterocycles. The van der Waals surface area contributed by atoms with Crippen molar-refractivity contribution in [2.24, 2.45) is 0 Å². The Hall–Kier alpha value is -3.11. The third-order valence-corrected chi connectivity index (χ3v) is 6.90. The third-order valence-electron chi connectivity index (χ3n) is 6.37. The Morgan fingerprint density at radius 3 is 2.59 bits per heavy atom. The number of nitrogens with one attached hydrogen (secondary N) is 2. The van der Waals surface area contributed by atoms with Crippen molar-refractivity contribution in [3.8, 4) is 5.75 Å². The average Bonchev–Trinajstić information content (AvgIpc) is 2.82. The first-order chi connectivity index (χ1) is 16.3. The Kier molecular flexibility index (Phi) is 5.95. The molecule has 0 spiro atoms. The molecule has 1 fully saturated rings. The summed E-state index contributed by atoms with van der Waals surface area (Å²) in [6.45, 7) is 5.20. The van der Waals surface area contributed by atoms with E-state index in [-0.39, 0.29) is 17.0 Å². The summed E-state index contributed by atoms with van der Waals surface area (Å²) in [6.07, 6.45) is 1.55. The standard InChI is InChI=1S/C24H25BrFN5O3/c1-14-13-34-23-20-17(11-19(26)21(23)30-9-7-29(2)8-10-30)22(32)18(12-31(14)20)24(33)28-27-16-5-3-15(25)4-6-16/h3-6,11-12,14,27H,7-10,13H2,1-2H3,(H,28,33). The molecule has 3 aromatic rings. The van der Waals surface area contributed by atoms with Crippen LogP contribution >= 0.6 is 15.9 Å². The van der Waals surface area contributed by atoms with Crippen LogP contribution in [0.4, 0.5) is 15.8 Å². The number of ether oxygens (including phenoxy) is 1. The lowest BCUT2D eigenvalue weighted by molar-refractivity contribution is 0.0960. The van der Waals surface area contributed by atoms with E-state index in [0.717, 1.165) is 17.6 Å². The predicted molar refractivity (Wildman–Crippen MR) is 133 cm³/mol. The number of likely N-dealkylation sites (N-methyl/N-ethyl adjacent to an activating group) is 1. The van der Waals surface area contributed by atoms with Crippen molar-refractivity contribution < 1.29 is 13.9 Å². The van der Waals surface area contributed by atoms with Crippen LogP contribution < -0.4 is 25.9 Å². The molecular formula is C24H25BrFN5O3. The third kappa shape index (κ3) is 4.01. The van der Waals surface area contributed by atoms with Gasteiger partial charge >= 0.3 is 0 Å². The second-order valence-electron chi connectivity index (χ2n) is 8.75. The van der Waals surface area contributed by atoms with Crippen molar-refractivity contribution >= 4 is 44.1 Å². The van der Waals surface area contributed by atoms with Gasteiger partial charge in [-0.1, -0.05) is 15.9 Å². The van der Waals surface area contributed by atoms with Crippen molar-refractivity contribution in [1.82, 2.24) is 14.9 Å². The highest BCUT2D eigenvalue weighted by Crippen LogP contribution is 2.42. The zero-order valence-electron chi connectivity index (χ0n) is 18.9. The first-order valence-electron chi connectivity index (χ1n) is 11.1. The van der Waals surface area contributed by atoms with Crippen LogP contribution in [0, 0.1) is 5.82 Å². The van der Waals surface area contributed by atoms with Gasteiger partial charge in [-0.15, -0.1) is 0 Å². The molecule has 178 valence electrons. The lowest BCUT2D eigenvalue weighted by Gasteiger charge is -2.37. The van der Waals surface area contributed by atoms with Crippen LogP contribution in [0.15, 0.2) is 45.8 Å². The van der Waals surface area contributed by atoms with E-state index >= 15 is 4.39 Å². The second kappa shape index (κ2) is 8.92. The highest BCUT2D eigenvalue weighted by atomic mass is 79.9. The van der Waals surface area contributed by atoms with Gasteiger partial charge in [0.15, 0.2) is 11.6 Å². The maximum Gasteiger partial charge on any atom is 0.275 e. The van der Waals surface area contributed by atoms with Crippen LogP contribution in [0.3, 0.4) is 0 Å². The van der Waals surface area contributed by atoms with Crippen molar-refractivity contribution in [2.75, 3.05) is 50.2 Å².